The van der Waals surface area contributed by atoms with Gasteiger partial charge in [0.25, 0.3) is 5.91 Å². The number of nitrogens with zero attached hydrogens (tertiary/aromatic N) is 2. The predicted octanol–water partition coefficient (Wildman–Crippen LogP) is 5.31. The molecule has 182 valence electrons. The van der Waals surface area contributed by atoms with Crippen LogP contribution in [0.2, 0.25) is 5.02 Å². The molecule has 9 heteroatoms. The van der Waals surface area contributed by atoms with E-state index in [1.165, 1.54) is 12.1 Å². The van der Waals surface area contributed by atoms with Crippen molar-refractivity contribution in [2.75, 3.05) is 31.5 Å². The van der Waals surface area contributed by atoms with Gasteiger partial charge in [0.1, 0.15) is 0 Å². The fraction of sp³-hybridized carbons (Fsp3) is 0.440. The van der Waals surface area contributed by atoms with Crippen LogP contribution < -0.4 is 5.32 Å². The van der Waals surface area contributed by atoms with Gasteiger partial charge in [0, 0.05) is 42.5 Å². The summed E-state index contributed by atoms with van der Waals surface area (Å²) in [5.41, 5.74) is 0.100. The van der Waals surface area contributed by atoms with Crippen LogP contribution in [0.5, 0.6) is 0 Å². The number of halogens is 4. The Morgan fingerprint density at radius 2 is 1.62 bits per heavy atom. The molecule has 2 aromatic rings. The van der Waals surface area contributed by atoms with Gasteiger partial charge in [-0.3, -0.25) is 14.5 Å². The summed E-state index contributed by atoms with van der Waals surface area (Å²) < 4.78 is 38.4. The third-order valence-corrected chi connectivity index (χ3v) is 6.90. The Bertz CT molecular complexity index is 1010. The van der Waals surface area contributed by atoms with E-state index < -0.39 is 11.7 Å². The molecule has 2 fully saturated rings. The van der Waals surface area contributed by atoms with Crippen LogP contribution in [0.25, 0.3) is 0 Å². The van der Waals surface area contributed by atoms with Crippen LogP contribution >= 0.6 is 11.6 Å². The van der Waals surface area contributed by atoms with Crippen LogP contribution in [0.4, 0.5) is 18.9 Å². The number of hydrogen-bond acceptors (Lipinski definition) is 3. The number of piperazine rings is 1. The average Bonchev–Trinajstić information content (AvgIpc) is 3.33. The van der Waals surface area contributed by atoms with Gasteiger partial charge in [0.15, 0.2) is 0 Å². The normalized spacial score (nSPS) is 18.6. The molecule has 0 spiro atoms. The molecule has 2 amide bonds. The number of anilines is 1. The van der Waals surface area contributed by atoms with Crippen molar-refractivity contribution in [3.05, 3.63) is 64.7 Å². The first-order valence-electron chi connectivity index (χ1n) is 11.5. The van der Waals surface area contributed by atoms with Gasteiger partial charge in [-0.25, -0.2) is 0 Å². The fourth-order valence-electron chi connectivity index (χ4n) is 4.92. The molecule has 2 aliphatic rings. The zero-order valence-electron chi connectivity index (χ0n) is 18.7. The summed E-state index contributed by atoms with van der Waals surface area (Å²) in [5, 5.41) is 3.54. The standard InChI is InChI=1S/C25H27ClF3N3O2/c26-20-6-3-7-21(16-20)30-23(33)22(17-4-1-2-5-17)31-12-14-32(15-13-31)24(34)18-8-10-19(11-9-18)25(27,28)29/h3,6-11,16-17,22H,1-2,4-5,12-15H2,(H,30,33). The second-order valence-electron chi connectivity index (χ2n) is 8.89. The van der Waals surface area contributed by atoms with Crippen LogP contribution in [0.15, 0.2) is 48.5 Å². The van der Waals surface area contributed by atoms with E-state index in [9.17, 15) is 22.8 Å². The van der Waals surface area contributed by atoms with Gasteiger partial charge in [-0.15, -0.1) is 0 Å². The topological polar surface area (TPSA) is 52.7 Å². The molecule has 1 atom stereocenters. The Balaban J connectivity index is 1.41. The number of amides is 2. The molecule has 1 heterocycles. The Hall–Kier alpha value is -2.58. The first kappa shape index (κ1) is 24.5. The zero-order chi connectivity index (χ0) is 24.3. The van der Waals surface area contributed by atoms with Crippen LogP contribution in [0.3, 0.4) is 0 Å². The van der Waals surface area contributed by atoms with Crippen molar-refractivity contribution in [3.8, 4) is 0 Å². The lowest BCUT2D eigenvalue weighted by Crippen LogP contribution is -2.56. The van der Waals surface area contributed by atoms with Crippen LogP contribution in [-0.4, -0.2) is 53.8 Å². The molecular formula is C25H27ClF3N3O2. The number of nitrogens with one attached hydrogen (secondary N) is 1. The first-order chi connectivity index (χ1) is 16.2. The number of rotatable bonds is 5. The van der Waals surface area contributed by atoms with Gasteiger partial charge in [-0.2, -0.15) is 13.2 Å². The second-order valence-corrected chi connectivity index (χ2v) is 9.33. The minimum absolute atomic E-state index is 0.0725. The second kappa shape index (κ2) is 10.4. The molecule has 1 saturated heterocycles. The summed E-state index contributed by atoms with van der Waals surface area (Å²) in [5.74, 6) is -0.123. The number of benzene rings is 2. The van der Waals surface area contributed by atoms with Gasteiger partial charge in [0.2, 0.25) is 5.91 Å². The van der Waals surface area contributed by atoms with Crippen molar-refractivity contribution in [2.45, 2.75) is 37.9 Å². The molecule has 5 nitrogen and oxygen atoms in total. The highest BCUT2D eigenvalue weighted by Crippen LogP contribution is 2.32. The fourth-order valence-corrected chi connectivity index (χ4v) is 5.11. The van der Waals surface area contributed by atoms with Crippen molar-refractivity contribution < 1.29 is 22.8 Å². The monoisotopic (exact) mass is 493 g/mol. The largest absolute Gasteiger partial charge is 0.416 e. The van der Waals surface area contributed by atoms with Crippen molar-refractivity contribution in [2.24, 2.45) is 5.92 Å². The van der Waals surface area contributed by atoms with E-state index >= 15 is 0 Å². The summed E-state index contributed by atoms with van der Waals surface area (Å²) in [6.07, 6.45) is -0.277. The SMILES string of the molecule is O=C(Nc1cccc(Cl)c1)C(C1CCCC1)N1CCN(C(=O)c2ccc(C(F)(F)F)cc2)CC1. The van der Waals surface area contributed by atoms with Crippen molar-refractivity contribution >= 4 is 29.1 Å². The lowest BCUT2D eigenvalue weighted by molar-refractivity contribution is -0.137. The lowest BCUT2D eigenvalue weighted by atomic mass is 9.94. The van der Waals surface area contributed by atoms with Gasteiger partial charge in [-0.05, 0) is 61.2 Å². The molecule has 0 aromatic heterocycles. The van der Waals surface area contributed by atoms with E-state index in [4.69, 9.17) is 11.6 Å². The van der Waals surface area contributed by atoms with Gasteiger partial charge in [0.05, 0.1) is 11.6 Å². The van der Waals surface area contributed by atoms with E-state index in [0.717, 1.165) is 37.8 Å². The van der Waals surface area contributed by atoms with Crippen molar-refractivity contribution in [3.63, 3.8) is 0 Å². The number of hydrogen-bond donors (Lipinski definition) is 1. The number of carbonyl (C=O) groups excluding carboxylic acids is 2. The molecule has 1 aliphatic heterocycles. The van der Waals surface area contributed by atoms with Gasteiger partial charge in [-0.1, -0.05) is 30.5 Å². The quantitative estimate of drug-likeness (QED) is 0.614. The van der Waals surface area contributed by atoms with Crippen LogP contribution in [0, 0.1) is 5.92 Å². The molecule has 0 bridgehead atoms. The van der Waals surface area contributed by atoms with Crippen LogP contribution in [0.1, 0.15) is 41.6 Å². The highest BCUT2D eigenvalue weighted by Gasteiger charge is 2.37. The van der Waals surface area contributed by atoms with Crippen LogP contribution in [-0.2, 0) is 11.0 Å². The van der Waals surface area contributed by atoms with Gasteiger partial charge < -0.3 is 10.2 Å². The van der Waals surface area contributed by atoms with E-state index in [-0.39, 0.29) is 29.3 Å². The minimum atomic E-state index is -4.44. The Morgan fingerprint density at radius 3 is 2.21 bits per heavy atom. The Morgan fingerprint density at radius 1 is 0.971 bits per heavy atom. The van der Waals surface area contributed by atoms with E-state index in [2.05, 4.69) is 10.2 Å². The maximum Gasteiger partial charge on any atom is 0.416 e. The van der Waals surface area contributed by atoms with Gasteiger partial charge >= 0.3 is 6.18 Å². The Labute approximate surface area is 201 Å². The van der Waals surface area contributed by atoms with E-state index in [0.29, 0.717) is 36.9 Å². The number of carbonyl (C=O) groups is 2. The molecule has 1 N–H and O–H groups in total. The Kier molecular flexibility index (Phi) is 7.48. The summed E-state index contributed by atoms with van der Waals surface area (Å²) in [6.45, 7) is 1.87. The molecular weight excluding hydrogens is 467 g/mol. The average molecular weight is 494 g/mol. The maximum absolute atomic E-state index is 13.3. The van der Waals surface area contributed by atoms with E-state index in [1.807, 2.05) is 0 Å². The molecule has 0 radical (unpaired) electrons. The van der Waals surface area contributed by atoms with Crippen molar-refractivity contribution in [1.29, 1.82) is 0 Å². The number of alkyl halides is 3. The molecule has 34 heavy (non-hydrogen) atoms. The summed E-state index contributed by atoms with van der Waals surface area (Å²) in [4.78, 5) is 29.9. The lowest BCUT2D eigenvalue weighted by Gasteiger charge is -2.40. The molecule has 4 rings (SSSR count). The van der Waals surface area contributed by atoms with Crippen molar-refractivity contribution in [1.82, 2.24) is 9.80 Å². The summed E-state index contributed by atoms with van der Waals surface area (Å²) in [7, 11) is 0. The molecule has 1 aliphatic carbocycles. The molecule has 1 unspecified atom stereocenters. The smallest absolute Gasteiger partial charge is 0.336 e. The highest BCUT2D eigenvalue weighted by atomic mass is 35.5. The molecule has 1 saturated carbocycles. The predicted molar refractivity (Wildman–Crippen MR) is 125 cm³/mol. The third kappa shape index (κ3) is 5.73. The third-order valence-electron chi connectivity index (χ3n) is 6.66. The summed E-state index contributed by atoms with van der Waals surface area (Å²) in [6, 6.07) is 11.0. The molecule has 2 aromatic carbocycles. The maximum atomic E-state index is 13.3. The highest BCUT2D eigenvalue weighted by molar-refractivity contribution is 6.30. The minimum Gasteiger partial charge on any atom is -0.336 e. The summed E-state index contributed by atoms with van der Waals surface area (Å²) >= 11 is 6.06. The first-order valence-corrected chi connectivity index (χ1v) is 11.9. The zero-order valence-corrected chi connectivity index (χ0v) is 19.4. The van der Waals surface area contributed by atoms with E-state index in [1.54, 1.807) is 29.2 Å².